The van der Waals surface area contributed by atoms with Crippen molar-refractivity contribution in [1.29, 1.82) is 0 Å². The maximum absolute atomic E-state index is 11.8. The van der Waals surface area contributed by atoms with Crippen LogP contribution in [-0.4, -0.2) is 18.6 Å². The molecule has 0 saturated heterocycles. The largest absolute Gasteiger partial charge is 0.454 e. The fraction of sp³-hybridized carbons (Fsp3) is 0.176. The summed E-state index contributed by atoms with van der Waals surface area (Å²) in [6.45, 7) is 0.227. The molecule has 1 aliphatic heterocycles. The minimum Gasteiger partial charge on any atom is -0.454 e. The van der Waals surface area contributed by atoms with Gasteiger partial charge < -0.3 is 9.47 Å². The Labute approximate surface area is 133 Å². The van der Waals surface area contributed by atoms with Crippen molar-refractivity contribution in [3.8, 4) is 11.5 Å². The van der Waals surface area contributed by atoms with Gasteiger partial charge in [0, 0.05) is 12.0 Å². The highest BCUT2D eigenvalue weighted by Gasteiger charge is 2.13. The zero-order valence-corrected chi connectivity index (χ0v) is 12.4. The average Bonchev–Trinajstić information content (AvgIpc) is 3.06. The Morgan fingerprint density at radius 3 is 2.57 bits per heavy atom. The van der Waals surface area contributed by atoms with E-state index in [9.17, 15) is 9.59 Å². The summed E-state index contributed by atoms with van der Waals surface area (Å²) in [7, 11) is 0. The van der Waals surface area contributed by atoms with E-state index >= 15 is 0 Å². The van der Waals surface area contributed by atoms with Gasteiger partial charge in [0.1, 0.15) is 0 Å². The quantitative estimate of drug-likeness (QED) is 0.844. The zero-order chi connectivity index (χ0) is 16.1. The van der Waals surface area contributed by atoms with Crippen LogP contribution in [0.25, 0.3) is 0 Å². The molecule has 1 heterocycles. The number of amides is 2. The van der Waals surface area contributed by atoms with Crippen LogP contribution >= 0.6 is 0 Å². The van der Waals surface area contributed by atoms with Gasteiger partial charge in [-0.2, -0.15) is 0 Å². The van der Waals surface area contributed by atoms with Crippen molar-refractivity contribution >= 4 is 11.8 Å². The number of rotatable bonds is 4. The first-order chi connectivity index (χ1) is 11.2. The Balaban J connectivity index is 1.46. The molecular weight excluding hydrogens is 296 g/mol. The van der Waals surface area contributed by atoms with Crippen molar-refractivity contribution in [2.24, 2.45) is 0 Å². The molecule has 0 saturated carbocycles. The Bertz CT molecular complexity index is 716. The molecule has 0 fully saturated rings. The lowest BCUT2D eigenvalue weighted by molar-refractivity contribution is -0.121. The number of carbonyl (C=O) groups is 2. The number of carbonyl (C=O) groups excluding carboxylic acids is 2. The summed E-state index contributed by atoms with van der Waals surface area (Å²) >= 11 is 0. The number of fused-ring (bicyclic) bond motifs is 1. The van der Waals surface area contributed by atoms with E-state index in [0.29, 0.717) is 23.5 Å². The first-order valence-corrected chi connectivity index (χ1v) is 7.25. The highest BCUT2D eigenvalue weighted by atomic mass is 16.7. The zero-order valence-electron chi connectivity index (χ0n) is 12.4. The van der Waals surface area contributed by atoms with E-state index in [1.54, 1.807) is 24.3 Å². The normalized spacial score (nSPS) is 11.8. The molecule has 23 heavy (non-hydrogen) atoms. The summed E-state index contributed by atoms with van der Waals surface area (Å²) < 4.78 is 10.5. The monoisotopic (exact) mass is 312 g/mol. The van der Waals surface area contributed by atoms with E-state index in [4.69, 9.17) is 9.47 Å². The fourth-order valence-corrected chi connectivity index (χ4v) is 2.20. The van der Waals surface area contributed by atoms with Gasteiger partial charge in [-0.15, -0.1) is 0 Å². The number of hydrogen-bond donors (Lipinski definition) is 2. The molecule has 118 valence electrons. The third-order valence-electron chi connectivity index (χ3n) is 3.43. The Kier molecular flexibility index (Phi) is 4.42. The van der Waals surface area contributed by atoms with Crippen LogP contribution in [0.1, 0.15) is 22.3 Å². The topological polar surface area (TPSA) is 76.7 Å². The number of benzene rings is 2. The van der Waals surface area contributed by atoms with E-state index in [1.807, 2.05) is 24.3 Å². The van der Waals surface area contributed by atoms with Crippen molar-refractivity contribution < 1.29 is 19.1 Å². The Hall–Kier alpha value is -3.02. The maximum Gasteiger partial charge on any atom is 0.269 e. The van der Waals surface area contributed by atoms with Crippen molar-refractivity contribution in [2.75, 3.05) is 6.79 Å². The summed E-state index contributed by atoms with van der Waals surface area (Å²) in [6, 6.07) is 14.3. The molecule has 0 spiro atoms. The lowest BCUT2D eigenvalue weighted by atomic mass is 10.1. The first-order valence-electron chi connectivity index (χ1n) is 7.25. The first kappa shape index (κ1) is 14.9. The number of aryl methyl sites for hydroxylation is 1. The summed E-state index contributed by atoms with van der Waals surface area (Å²) in [6.07, 6.45) is 0.804. The molecule has 2 amide bonds. The number of hydrazine groups is 1. The second kappa shape index (κ2) is 6.83. The molecule has 6 heteroatoms. The van der Waals surface area contributed by atoms with Gasteiger partial charge in [0.05, 0.1) is 0 Å². The maximum atomic E-state index is 11.8. The fourth-order valence-electron chi connectivity index (χ4n) is 2.20. The molecule has 0 atom stereocenters. The van der Waals surface area contributed by atoms with Gasteiger partial charge in [0.2, 0.25) is 12.7 Å². The second-order valence-electron chi connectivity index (χ2n) is 5.06. The van der Waals surface area contributed by atoms with Crippen LogP contribution < -0.4 is 20.3 Å². The molecule has 0 radical (unpaired) electrons. The average molecular weight is 312 g/mol. The molecular formula is C17H16N2O4. The van der Waals surface area contributed by atoms with E-state index in [-0.39, 0.29) is 25.0 Å². The van der Waals surface area contributed by atoms with E-state index in [0.717, 1.165) is 5.56 Å². The lowest BCUT2D eigenvalue weighted by Crippen LogP contribution is -2.41. The molecule has 1 aliphatic rings. The predicted molar refractivity (Wildman–Crippen MR) is 82.9 cm³/mol. The molecule has 2 aromatic rings. The number of hydrogen-bond acceptors (Lipinski definition) is 4. The lowest BCUT2D eigenvalue weighted by Gasteiger charge is -2.07. The van der Waals surface area contributed by atoms with Crippen molar-refractivity contribution in [3.63, 3.8) is 0 Å². The van der Waals surface area contributed by atoms with Crippen LogP contribution in [0.2, 0.25) is 0 Å². The Morgan fingerprint density at radius 2 is 1.74 bits per heavy atom. The van der Waals surface area contributed by atoms with Gasteiger partial charge in [-0.05, 0) is 36.2 Å². The summed E-state index contributed by atoms with van der Waals surface area (Å²) in [5.41, 5.74) is 6.26. The van der Waals surface area contributed by atoms with Crippen LogP contribution in [0.3, 0.4) is 0 Å². The van der Waals surface area contributed by atoms with Gasteiger partial charge in [0.15, 0.2) is 11.5 Å². The van der Waals surface area contributed by atoms with Gasteiger partial charge >= 0.3 is 0 Å². The Morgan fingerprint density at radius 1 is 0.957 bits per heavy atom. The highest BCUT2D eigenvalue weighted by Crippen LogP contribution is 2.32. The summed E-state index contributed by atoms with van der Waals surface area (Å²) in [4.78, 5) is 23.6. The van der Waals surface area contributed by atoms with Crippen LogP contribution in [0.15, 0.2) is 48.5 Å². The van der Waals surface area contributed by atoms with E-state index < -0.39 is 0 Å². The highest BCUT2D eigenvalue weighted by molar-refractivity contribution is 5.95. The molecule has 6 nitrogen and oxygen atoms in total. The predicted octanol–water partition coefficient (Wildman–Crippen LogP) is 1.81. The molecule has 0 unspecified atom stereocenters. The van der Waals surface area contributed by atoms with Gasteiger partial charge in [-0.3, -0.25) is 20.4 Å². The summed E-state index contributed by atoms with van der Waals surface area (Å²) in [5, 5.41) is 0. The third-order valence-corrected chi connectivity index (χ3v) is 3.43. The van der Waals surface area contributed by atoms with Gasteiger partial charge in [0.25, 0.3) is 5.91 Å². The van der Waals surface area contributed by atoms with E-state index in [2.05, 4.69) is 10.9 Å². The number of ether oxygens (including phenoxy) is 2. The van der Waals surface area contributed by atoms with Crippen LogP contribution in [0.5, 0.6) is 11.5 Å². The second-order valence-corrected chi connectivity index (χ2v) is 5.06. The van der Waals surface area contributed by atoms with Gasteiger partial charge in [-0.1, -0.05) is 24.3 Å². The smallest absolute Gasteiger partial charge is 0.269 e. The molecule has 2 aromatic carbocycles. The molecule has 0 aliphatic carbocycles. The van der Waals surface area contributed by atoms with Crippen molar-refractivity contribution in [1.82, 2.24) is 10.9 Å². The summed E-state index contributed by atoms with van der Waals surface area (Å²) in [5.74, 6) is 0.808. The van der Waals surface area contributed by atoms with Crippen LogP contribution in [0, 0.1) is 0 Å². The minimum atomic E-state index is -0.345. The van der Waals surface area contributed by atoms with Crippen molar-refractivity contribution in [3.05, 3.63) is 59.7 Å². The minimum absolute atomic E-state index is 0.227. The SMILES string of the molecule is O=C(CCc1ccc2c(c1)OCO2)NNC(=O)c1ccccc1. The molecule has 0 bridgehead atoms. The standard InChI is InChI=1S/C17H16N2O4/c20-16(18-19-17(21)13-4-2-1-3-5-13)9-7-12-6-8-14-15(10-12)23-11-22-14/h1-6,8,10H,7,9,11H2,(H,18,20)(H,19,21). The van der Waals surface area contributed by atoms with E-state index in [1.165, 1.54) is 0 Å². The van der Waals surface area contributed by atoms with Crippen molar-refractivity contribution in [2.45, 2.75) is 12.8 Å². The molecule has 0 aromatic heterocycles. The molecule has 3 rings (SSSR count). The number of nitrogens with one attached hydrogen (secondary N) is 2. The molecule has 2 N–H and O–H groups in total. The van der Waals surface area contributed by atoms with Crippen LogP contribution in [0.4, 0.5) is 0 Å². The third kappa shape index (κ3) is 3.79. The van der Waals surface area contributed by atoms with Crippen LogP contribution in [-0.2, 0) is 11.2 Å². The van der Waals surface area contributed by atoms with Gasteiger partial charge in [-0.25, -0.2) is 0 Å².